The molecule has 2 aromatic heterocycles. The van der Waals surface area contributed by atoms with Crippen molar-refractivity contribution >= 4 is 22.7 Å². The van der Waals surface area contributed by atoms with Crippen LogP contribution >= 0.6 is 0 Å². The van der Waals surface area contributed by atoms with Crippen LogP contribution in [0.1, 0.15) is 17.4 Å². The lowest BCUT2D eigenvalue weighted by atomic mass is 10.1. The Bertz CT molecular complexity index is 1440. The van der Waals surface area contributed by atoms with E-state index in [-0.39, 0.29) is 12.1 Å². The molecule has 0 aliphatic carbocycles. The van der Waals surface area contributed by atoms with Crippen LogP contribution in [0, 0.1) is 11.6 Å². The second-order valence-electron chi connectivity index (χ2n) is 10.4. The zero-order valence-corrected chi connectivity index (χ0v) is 22.4. The van der Waals surface area contributed by atoms with Crippen LogP contribution in [0.4, 0.5) is 20.4 Å². The van der Waals surface area contributed by atoms with Gasteiger partial charge in [0.15, 0.2) is 0 Å². The topological polar surface area (TPSA) is 81.9 Å². The summed E-state index contributed by atoms with van der Waals surface area (Å²) in [5.41, 5.74) is 2.51. The number of hydrogen-bond acceptors (Lipinski definition) is 8. The van der Waals surface area contributed by atoms with E-state index in [2.05, 4.69) is 32.1 Å². The van der Waals surface area contributed by atoms with Crippen LogP contribution < -0.4 is 5.32 Å². The zero-order valence-electron chi connectivity index (χ0n) is 22.4. The normalized spacial score (nSPS) is 18.3. The fourth-order valence-electron chi connectivity index (χ4n) is 5.19. The number of fused-ring (bicyclic) bond motifs is 1. The maximum Gasteiger partial charge on any atom is 0.229 e. The summed E-state index contributed by atoms with van der Waals surface area (Å²) in [6, 6.07) is 12.0. The van der Waals surface area contributed by atoms with Gasteiger partial charge in [0.1, 0.15) is 23.5 Å². The predicted molar refractivity (Wildman–Crippen MR) is 149 cm³/mol. The molecule has 0 amide bonds. The SMILES string of the molecule is CN1CCN(C(O)c2ccc(Nc3ncc4ccn(-c5cc(F)c(CN6CCOCC6)c(F)c5)c4n3)cc2)CC1. The Hall–Kier alpha value is -3.48. The first-order chi connectivity index (χ1) is 19.4. The Kier molecular flexibility index (Phi) is 7.72. The number of anilines is 2. The predicted octanol–water partition coefficient (Wildman–Crippen LogP) is 3.51. The molecule has 1 atom stereocenters. The molecule has 0 bridgehead atoms. The van der Waals surface area contributed by atoms with Crippen LogP contribution in [0.2, 0.25) is 0 Å². The van der Waals surface area contributed by atoms with E-state index < -0.39 is 17.9 Å². The fraction of sp³-hybridized carbons (Fsp3) is 0.379. The maximum absolute atomic E-state index is 15.1. The highest BCUT2D eigenvalue weighted by Gasteiger charge is 2.22. The minimum Gasteiger partial charge on any atom is -0.379 e. The molecule has 2 aliphatic rings. The van der Waals surface area contributed by atoms with Crippen LogP contribution in [0.25, 0.3) is 16.7 Å². The summed E-state index contributed by atoms with van der Waals surface area (Å²) in [7, 11) is 2.08. The van der Waals surface area contributed by atoms with Crippen LogP contribution in [-0.2, 0) is 11.3 Å². The molecule has 2 aromatic carbocycles. The van der Waals surface area contributed by atoms with Crippen molar-refractivity contribution in [3.63, 3.8) is 0 Å². The quantitative estimate of drug-likeness (QED) is 0.363. The number of nitrogens with one attached hydrogen (secondary N) is 1. The van der Waals surface area contributed by atoms with Crippen LogP contribution in [-0.4, -0.2) is 93.9 Å². The van der Waals surface area contributed by atoms with Crippen molar-refractivity contribution in [2.24, 2.45) is 0 Å². The third kappa shape index (κ3) is 5.70. The van der Waals surface area contributed by atoms with Crippen molar-refractivity contribution in [1.29, 1.82) is 0 Å². The first-order valence-corrected chi connectivity index (χ1v) is 13.5. The highest BCUT2D eigenvalue weighted by molar-refractivity contribution is 5.78. The maximum atomic E-state index is 15.1. The summed E-state index contributed by atoms with van der Waals surface area (Å²) in [6.07, 6.45) is 2.75. The fourth-order valence-corrected chi connectivity index (χ4v) is 5.19. The van der Waals surface area contributed by atoms with Crippen LogP contribution in [0.15, 0.2) is 54.9 Å². The lowest BCUT2D eigenvalue weighted by Gasteiger charge is -2.35. The number of rotatable bonds is 7. The van der Waals surface area contributed by atoms with Gasteiger partial charge in [-0.25, -0.2) is 13.8 Å². The molecule has 2 fully saturated rings. The molecular formula is C29H33F2N7O2. The molecule has 2 saturated heterocycles. The second-order valence-corrected chi connectivity index (χ2v) is 10.4. The smallest absolute Gasteiger partial charge is 0.229 e. The van der Waals surface area contributed by atoms with Gasteiger partial charge in [0.05, 0.1) is 18.9 Å². The average Bonchev–Trinajstić information content (AvgIpc) is 3.39. The van der Waals surface area contributed by atoms with Gasteiger partial charge in [0.25, 0.3) is 0 Å². The van der Waals surface area contributed by atoms with E-state index in [0.717, 1.165) is 42.8 Å². The van der Waals surface area contributed by atoms with Gasteiger partial charge in [-0.2, -0.15) is 4.98 Å². The van der Waals surface area contributed by atoms with Crippen molar-refractivity contribution < 1.29 is 18.6 Å². The summed E-state index contributed by atoms with van der Waals surface area (Å²) in [5, 5.41) is 14.7. The van der Waals surface area contributed by atoms with E-state index in [4.69, 9.17) is 4.74 Å². The van der Waals surface area contributed by atoms with E-state index in [9.17, 15) is 5.11 Å². The molecule has 11 heteroatoms. The molecule has 0 saturated carbocycles. The van der Waals surface area contributed by atoms with Crippen molar-refractivity contribution in [3.05, 3.63) is 77.6 Å². The average molecular weight is 550 g/mol. The number of likely N-dealkylation sites (N-methyl/N-ethyl adjacent to an activating group) is 1. The number of aliphatic hydroxyl groups is 1. The first kappa shape index (κ1) is 26.7. The van der Waals surface area contributed by atoms with Crippen molar-refractivity contribution in [1.82, 2.24) is 29.2 Å². The number of benzene rings is 2. The largest absolute Gasteiger partial charge is 0.379 e. The molecule has 1 unspecified atom stereocenters. The Morgan fingerprint density at radius 1 is 0.975 bits per heavy atom. The number of halogens is 2. The monoisotopic (exact) mass is 549 g/mol. The van der Waals surface area contributed by atoms with E-state index in [0.29, 0.717) is 43.6 Å². The van der Waals surface area contributed by atoms with Crippen molar-refractivity contribution in [2.45, 2.75) is 12.8 Å². The summed E-state index contributed by atoms with van der Waals surface area (Å²) in [6.45, 7) is 6.11. The molecule has 2 N–H and O–H groups in total. The van der Waals surface area contributed by atoms with Crippen molar-refractivity contribution in [3.8, 4) is 5.69 Å². The van der Waals surface area contributed by atoms with Gasteiger partial charge in [-0.3, -0.25) is 9.80 Å². The van der Waals surface area contributed by atoms with Crippen LogP contribution in [0.3, 0.4) is 0 Å². The Morgan fingerprint density at radius 3 is 2.38 bits per heavy atom. The molecule has 9 nitrogen and oxygen atoms in total. The molecule has 0 radical (unpaired) electrons. The number of morpholine rings is 1. The number of nitrogens with zero attached hydrogens (tertiary/aromatic N) is 6. The summed E-state index contributed by atoms with van der Waals surface area (Å²) >= 11 is 0. The molecule has 4 heterocycles. The van der Waals surface area contributed by atoms with Crippen LogP contribution in [0.5, 0.6) is 0 Å². The Balaban J connectivity index is 1.19. The van der Waals surface area contributed by atoms with E-state index in [1.807, 2.05) is 35.2 Å². The van der Waals surface area contributed by atoms with Crippen molar-refractivity contribution in [2.75, 3.05) is 64.8 Å². The Morgan fingerprint density at radius 2 is 1.68 bits per heavy atom. The second kappa shape index (κ2) is 11.6. The van der Waals surface area contributed by atoms with Gasteiger partial charge in [-0.05, 0) is 42.9 Å². The summed E-state index contributed by atoms with van der Waals surface area (Å²) < 4.78 is 37.1. The number of ether oxygens (including phenoxy) is 1. The van der Waals surface area contributed by atoms with Gasteiger partial charge >= 0.3 is 0 Å². The van der Waals surface area contributed by atoms with E-state index in [1.54, 1.807) is 17.0 Å². The van der Waals surface area contributed by atoms with E-state index in [1.165, 1.54) is 12.1 Å². The lowest BCUT2D eigenvalue weighted by molar-refractivity contribution is -0.0232. The molecule has 6 rings (SSSR count). The van der Waals surface area contributed by atoms with Gasteiger partial charge in [0.2, 0.25) is 5.95 Å². The molecule has 40 heavy (non-hydrogen) atoms. The highest BCUT2D eigenvalue weighted by Crippen LogP contribution is 2.26. The highest BCUT2D eigenvalue weighted by atomic mass is 19.1. The third-order valence-corrected chi connectivity index (χ3v) is 7.67. The molecule has 4 aromatic rings. The van der Waals surface area contributed by atoms with Gasteiger partial charge in [0, 0.05) is 74.8 Å². The zero-order chi connectivity index (χ0) is 27.6. The standard InChI is InChI=1S/C29H33F2N7O2/c1-35-8-10-37(11-9-35)28(39)20-2-4-22(5-3-20)33-29-32-18-21-6-7-38(27(21)34-29)23-16-25(30)24(26(31)17-23)19-36-12-14-40-15-13-36/h2-7,16-18,28,39H,8-15,19H2,1H3,(H,32,33,34). The third-order valence-electron chi connectivity index (χ3n) is 7.67. The molecule has 210 valence electrons. The molecule has 0 spiro atoms. The number of piperazine rings is 1. The minimum absolute atomic E-state index is 0.0558. The van der Waals surface area contributed by atoms with Gasteiger partial charge in [-0.15, -0.1) is 0 Å². The lowest BCUT2D eigenvalue weighted by Crippen LogP contribution is -2.45. The number of aliphatic hydroxyl groups excluding tert-OH is 1. The Labute approximate surface area is 231 Å². The first-order valence-electron chi connectivity index (χ1n) is 13.5. The number of hydrogen-bond donors (Lipinski definition) is 2. The summed E-state index contributed by atoms with van der Waals surface area (Å²) in [4.78, 5) is 15.3. The minimum atomic E-state index is -0.653. The number of aromatic nitrogens is 3. The van der Waals surface area contributed by atoms with Gasteiger partial charge < -0.3 is 24.6 Å². The molecule has 2 aliphatic heterocycles. The van der Waals surface area contributed by atoms with E-state index >= 15 is 8.78 Å². The van der Waals surface area contributed by atoms with Gasteiger partial charge in [-0.1, -0.05) is 12.1 Å². The molecular weight excluding hydrogens is 516 g/mol. The summed E-state index contributed by atoms with van der Waals surface area (Å²) in [5.74, 6) is -0.825.